The third-order valence-electron chi connectivity index (χ3n) is 2.48. The highest BCUT2D eigenvalue weighted by Gasteiger charge is 2.22. The van der Waals surface area contributed by atoms with Crippen molar-refractivity contribution in [1.29, 1.82) is 0 Å². The summed E-state index contributed by atoms with van der Waals surface area (Å²) in [6, 6.07) is 5.73. The second-order valence-corrected chi connectivity index (χ2v) is 5.47. The van der Waals surface area contributed by atoms with Crippen molar-refractivity contribution in [1.82, 2.24) is 0 Å². The van der Waals surface area contributed by atoms with E-state index < -0.39 is 11.2 Å². The summed E-state index contributed by atoms with van der Waals surface area (Å²) in [5, 5.41) is 8.72. The van der Waals surface area contributed by atoms with E-state index in [9.17, 15) is 4.79 Å². The van der Waals surface area contributed by atoms with Crippen LogP contribution in [-0.4, -0.2) is 23.4 Å². The van der Waals surface area contributed by atoms with E-state index in [2.05, 4.69) is 0 Å². The molecule has 94 valence electrons. The third-order valence-corrected chi connectivity index (χ3v) is 4.00. The number of carboxylic acid groups (broad SMARTS) is 1. The van der Waals surface area contributed by atoms with Crippen LogP contribution in [0.25, 0.3) is 0 Å². The lowest BCUT2D eigenvalue weighted by molar-refractivity contribution is -0.137. The molecule has 4 heteroatoms. The Bertz CT molecular complexity index is 402. The molecule has 1 N–H and O–H groups in total. The monoisotopic (exact) mass is 254 g/mol. The number of aryl methyl sites for hydroxylation is 1. The molecule has 17 heavy (non-hydrogen) atoms. The summed E-state index contributed by atoms with van der Waals surface area (Å²) < 4.78 is 5.17. The molecule has 0 fully saturated rings. The normalized spacial score (nSPS) is 12.5. The van der Waals surface area contributed by atoms with E-state index in [1.54, 1.807) is 7.11 Å². The fourth-order valence-electron chi connectivity index (χ4n) is 1.54. The molecular weight excluding hydrogens is 236 g/mol. The minimum Gasteiger partial charge on any atom is -0.496 e. The predicted octanol–water partition coefficient (Wildman–Crippen LogP) is 3.20. The van der Waals surface area contributed by atoms with Crippen molar-refractivity contribution in [2.75, 3.05) is 7.11 Å². The first kappa shape index (κ1) is 13.9. The minimum absolute atomic E-state index is 0.0971. The van der Waals surface area contributed by atoms with Crippen LogP contribution in [-0.2, 0) is 4.79 Å². The van der Waals surface area contributed by atoms with Crippen LogP contribution in [0.1, 0.15) is 19.4 Å². The van der Waals surface area contributed by atoms with E-state index in [0.29, 0.717) is 0 Å². The number of thioether (sulfide) groups is 1. The molecule has 0 aliphatic heterocycles. The van der Waals surface area contributed by atoms with Gasteiger partial charge in [0, 0.05) is 4.90 Å². The molecule has 0 aliphatic rings. The molecule has 0 saturated heterocycles. The SMILES string of the molecule is COc1ccc(SC(C(=O)O)C(C)C)cc1C. The second-order valence-electron chi connectivity index (χ2n) is 4.25. The summed E-state index contributed by atoms with van der Waals surface area (Å²) in [4.78, 5) is 12.1. The van der Waals surface area contributed by atoms with Crippen LogP contribution in [0.2, 0.25) is 0 Å². The molecule has 1 atom stereocenters. The van der Waals surface area contributed by atoms with Crippen molar-refractivity contribution in [2.24, 2.45) is 5.92 Å². The van der Waals surface area contributed by atoms with E-state index in [0.717, 1.165) is 16.2 Å². The van der Waals surface area contributed by atoms with Gasteiger partial charge in [0.25, 0.3) is 0 Å². The maximum absolute atomic E-state index is 11.1. The zero-order valence-electron chi connectivity index (χ0n) is 10.6. The van der Waals surface area contributed by atoms with Crippen LogP contribution in [0, 0.1) is 12.8 Å². The van der Waals surface area contributed by atoms with Gasteiger partial charge in [0.05, 0.1) is 7.11 Å². The molecule has 1 aromatic rings. The van der Waals surface area contributed by atoms with Crippen molar-refractivity contribution in [3.63, 3.8) is 0 Å². The summed E-state index contributed by atoms with van der Waals surface area (Å²) in [7, 11) is 1.63. The van der Waals surface area contributed by atoms with Gasteiger partial charge in [-0.3, -0.25) is 4.79 Å². The average Bonchev–Trinajstić information content (AvgIpc) is 2.25. The summed E-state index contributed by atoms with van der Waals surface area (Å²) in [6.07, 6.45) is 0. The molecule has 0 amide bonds. The van der Waals surface area contributed by atoms with Gasteiger partial charge in [0.2, 0.25) is 0 Å². The molecule has 0 saturated carbocycles. The summed E-state index contributed by atoms with van der Waals surface area (Å²) in [6.45, 7) is 5.79. The van der Waals surface area contributed by atoms with Gasteiger partial charge < -0.3 is 9.84 Å². The van der Waals surface area contributed by atoms with Crippen molar-refractivity contribution < 1.29 is 14.6 Å². The summed E-state index contributed by atoms with van der Waals surface area (Å²) >= 11 is 1.38. The van der Waals surface area contributed by atoms with Gasteiger partial charge in [-0.2, -0.15) is 0 Å². The standard InChI is InChI=1S/C13H18O3S/c1-8(2)12(13(14)15)17-10-5-6-11(16-4)9(3)7-10/h5-8,12H,1-4H3,(H,14,15). The average molecular weight is 254 g/mol. The molecule has 1 unspecified atom stereocenters. The first-order valence-electron chi connectivity index (χ1n) is 5.49. The third kappa shape index (κ3) is 3.66. The Morgan fingerprint density at radius 3 is 2.47 bits per heavy atom. The Labute approximate surface area is 106 Å². The Morgan fingerprint density at radius 2 is 2.06 bits per heavy atom. The lowest BCUT2D eigenvalue weighted by atomic mass is 10.1. The molecule has 0 heterocycles. The minimum atomic E-state index is -0.765. The van der Waals surface area contributed by atoms with Crippen molar-refractivity contribution >= 4 is 17.7 Å². The van der Waals surface area contributed by atoms with Gasteiger partial charge in [0.1, 0.15) is 11.0 Å². The van der Waals surface area contributed by atoms with Gasteiger partial charge in [-0.25, -0.2) is 0 Å². The van der Waals surface area contributed by atoms with Gasteiger partial charge >= 0.3 is 5.97 Å². The Morgan fingerprint density at radius 1 is 1.41 bits per heavy atom. The highest BCUT2D eigenvalue weighted by molar-refractivity contribution is 8.00. The molecule has 0 radical (unpaired) electrons. The molecular formula is C13H18O3S. The van der Waals surface area contributed by atoms with E-state index in [-0.39, 0.29) is 5.92 Å². The van der Waals surface area contributed by atoms with E-state index in [4.69, 9.17) is 9.84 Å². The Balaban J connectivity index is 2.87. The van der Waals surface area contributed by atoms with Crippen molar-refractivity contribution in [3.8, 4) is 5.75 Å². The van der Waals surface area contributed by atoms with E-state index >= 15 is 0 Å². The van der Waals surface area contributed by atoms with Gasteiger partial charge in [0.15, 0.2) is 0 Å². The van der Waals surface area contributed by atoms with Crippen LogP contribution in [0.4, 0.5) is 0 Å². The summed E-state index contributed by atoms with van der Waals surface area (Å²) in [5.74, 6) is 0.157. The smallest absolute Gasteiger partial charge is 0.317 e. The number of hydrogen-bond acceptors (Lipinski definition) is 3. The van der Waals surface area contributed by atoms with Crippen LogP contribution in [0.15, 0.2) is 23.1 Å². The zero-order chi connectivity index (χ0) is 13.0. The van der Waals surface area contributed by atoms with Crippen LogP contribution >= 0.6 is 11.8 Å². The van der Waals surface area contributed by atoms with Gasteiger partial charge in [-0.05, 0) is 36.6 Å². The maximum atomic E-state index is 11.1. The van der Waals surface area contributed by atoms with E-state index in [1.165, 1.54) is 11.8 Å². The Kier molecular flexibility index (Phi) is 4.87. The molecule has 1 aromatic carbocycles. The lowest BCUT2D eigenvalue weighted by Gasteiger charge is -2.16. The van der Waals surface area contributed by atoms with E-state index in [1.807, 2.05) is 39.0 Å². The molecule has 3 nitrogen and oxygen atoms in total. The molecule has 0 aliphatic carbocycles. The fourth-order valence-corrected chi connectivity index (χ4v) is 2.60. The van der Waals surface area contributed by atoms with Gasteiger partial charge in [-0.15, -0.1) is 11.8 Å². The molecule has 0 spiro atoms. The maximum Gasteiger partial charge on any atom is 0.317 e. The number of methoxy groups -OCH3 is 1. The van der Waals surface area contributed by atoms with Gasteiger partial charge in [-0.1, -0.05) is 13.8 Å². The summed E-state index contributed by atoms with van der Waals surface area (Å²) in [5.41, 5.74) is 1.02. The number of carboxylic acids is 1. The second kappa shape index (κ2) is 5.96. The predicted molar refractivity (Wildman–Crippen MR) is 69.8 cm³/mol. The number of aliphatic carboxylic acids is 1. The zero-order valence-corrected chi connectivity index (χ0v) is 11.4. The highest BCUT2D eigenvalue weighted by Crippen LogP contribution is 2.31. The molecule has 0 bridgehead atoms. The van der Waals surface area contributed by atoms with Crippen LogP contribution in [0.5, 0.6) is 5.75 Å². The van der Waals surface area contributed by atoms with Crippen molar-refractivity contribution in [3.05, 3.63) is 23.8 Å². The number of rotatable bonds is 5. The Hall–Kier alpha value is -1.16. The number of ether oxygens (including phenoxy) is 1. The topological polar surface area (TPSA) is 46.5 Å². The van der Waals surface area contributed by atoms with Crippen molar-refractivity contribution in [2.45, 2.75) is 30.9 Å². The first-order chi connectivity index (χ1) is 7.95. The fraction of sp³-hybridized carbons (Fsp3) is 0.462. The quantitative estimate of drug-likeness (QED) is 0.820. The number of hydrogen-bond donors (Lipinski definition) is 1. The highest BCUT2D eigenvalue weighted by atomic mass is 32.2. The number of carbonyl (C=O) groups is 1. The first-order valence-corrected chi connectivity index (χ1v) is 6.37. The molecule has 1 rings (SSSR count). The lowest BCUT2D eigenvalue weighted by Crippen LogP contribution is -2.22. The van der Waals surface area contributed by atoms with Crippen LogP contribution < -0.4 is 4.74 Å². The van der Waals surface area contributed by atoms with Crippen LogP contribution in [0.3, 0.4) is 0 Å². The number of benzene rings is 1. The molecule has 0 aromatic heterocycles. The largest absolute Gasteiger partial charge is 0.496 e.